The SMILES string of the molecule is C[C@H]1C[C@H](C)CN(CC(=O)Nc2ccc(S(=O)(=O)N3CCCC3)cc2)C1. The second-order valence-electron chi connectivity index (χ2n) is 7.82. The highest BCUT2D eigenvalue weighted by molar-refractivity contribution is 7.89. The maximum absolute atomic E-state index is 12.5. The lowest BCUT2D eigenvalue weighted by molar-refractivity contribution is -0.117. The fourth-order valence-electron chi connectivity index (χ4n) is 4.11. The first kappa shape index (κ1) is 19.3. The van der Waals surface area contributed by atoms with Crippen LogP contribution in [0.15, 0.2) is 29.2 Å². The molecule has 0 aliphatic carbocycles. The van der Waals surface area contributed by atoms with Crippen molar-refractivity contribution in [3.63, 3.8) is 0 Å². The van der Waals surface area contributed by atoms with Crippen molar-refractivity contribution >= 4 is 21.6 Å². The number of nitrogens with zero attached hydrogens (tertiary/aromatic N) is 2. The Bertz CT molecular complexity index is 717. The number of amides is 1. The molecule has 6 nitrogen and oxygen atoms in total. The van der Waals surface area contributed by atoms with Gasteiger partial charge in [-0.3, -0.25) is 9.69 Å². The van der Waals surface area contributed by atoms with E-state index in [0.29, 0.717) is 37.2 Å². The van der Waals surface area contributed by atoms with Crippen LogP contribution in [0.5, 0.6) is 0 Å². The summed E-state index contributed by atoms with van der Waals surface area (Å²) in [4.78, 5) is 14.8. The van der Waals surface area contributed by atoms with E-state index in [9.17, 15) is 13.2 Å². The molecule has 0 unspecified atom stereocenters. The van der Waals surface area contributed by atoms with Crippen LogP contribution < -0.4 is 5.32 Å². The second-order valence-corrected chi connectivity index (χ2v) is 9.76. The summed E-state index contributed by atoms with van der Waals surface area (Å²) in [6, 6.07) is 6.49. The van der Waals surface area contributed by atoms with Crippen molar-refractivity contribution in [2.45, 2.75) is 38.0 Å². The van der Waals surface area contributed by atoms with Crippen LogP contribution in [0.3, 0.4) is 0 Å². The number of piperidine rings is 1. The molecule has 2 atom stereocenters. The Balaban J connectivity index is 1.58. The van der Waals surface area contributed by atoms with E-state index in [2.05, 4.69) is 24.1 Å². The van der Waals surface area contributed by atoms with Crippen molar-refractivity contribution in [1.82, 2.24) is 9.21 Å². The maximum atomic E-state index is 12.5. The quantitative estimate of drug-likeness (QED) is 0.853. The van der Waals surface area contributed by atoms with Crippen molar-refractivity contribution in [3.8, 4) is 0 Å². The van der Waals surface area contributed by atoms with Gasteiger partial charge in [-0.25, -0.2) is 8.42 Å². The van der Waals surface area contributed by atoms with Gasteiger partial charge in [0.25, 0.3) is 0 Å². The number of rotatable bonds is 5. The molecule has 1 aromatic carbocycles. The van der Waals surface area contributed by atoms with Crippen molar-refractivity contribution in [2.24, 2.45) is 11.8 Å². The number of carbonyl (C=O) groups excluding carboxylic acids is 1. The third-order valence-corrected chi connectivity index (χ3v) is 7.07. The number of likely N-dealkylation sites (tertiary alicyclic amines) is 1. The zero-order valence-electron chi connectivity index (χ0n) is 15.6. The van der Waals surface area contributed by atoms with Gasteiger partial charge in [-0.1, -0.05) is 13.8 Å². The summed E-state index contributed by atoms with van der Waals surface area (Å²) >= 11 is 0. The van der Waals surface area contributed by atoms with E-state index < -0.39 is 10.0 Å². The molecule has 2 aliphatic rings. The largest absolute Gasteiger partial charge is 0.325 e. The summed E-state index contributed by atoms with van der Waals surface area (Å²) in [6.07, 6.45) is 3.05. The number of nitrogens with one attached hydrogen (secondary N) is 1. The maximum Gasteiger partial charge on any atom is 0.243 e. The average Bonchev–Trinajstić information content (AvgIpc) is 3.09. The molecule has 2 saturated heterocycles. The van der Waals surface area contributed by atoms with Crippen molar-refractivity contribution < 1.29 is 13.2 Å². The first-order valence-electron chi connectivity index (χ1n) is 9.47. The molecular formula is C19H29N3O3S. The Morgan fingerprint density at radius 2 is 1.65 bits per heavy atom. The zero-order valence-corrected chi connectivity index (χ0v) is 16.5. The fraction of sp³-hybridized carbons (Fsp3) is 0.632. The number of benzene rings is 1. The van der Waals surface area contributed by atoms with E-state index in [0.717, 1.165) is 25.9 Å². The predicted octanol–water partition coefficient (Wildman–Crippen LogP) is 2.39. The van der Waals surface area contributed by atoms with Crippen LogP contribution in [-0.2, 0) is 14.8 Å². The summed E-state index contributed by atoms with van der Waals surface area (Å²) in [5.41, 5.74) is 0.633. The Labute approximate surface area is 156 Å². The van der Waals surface area contributed by atoms with E-state index in [1.165, 1.54) is 10.7 Å². The van der Waals surface area contributed by atoms with Gasteiger partial charge in [0.2, 0.25) is 15.9 Å². The van der Waals surface area contributed by atoms with Crippen molar-refractivity contribution in [3.05, 3.63) is 24.3 Å². The standard InChI is InChI=1S/C19H29N3O3S/c1-15-11-16(2)13-21(12-15)14-19(23)20-17-5-7-18(8-6-17)26(24,25)22-9-3-4-10-22/h5-8,15-16H,3-4,9-14H2,1-2H3,(H,20,23)/t15-,16-/m0/s1. The van der Waals surface area contributed by atoms with E-state index in [1.54, 1.807) is 24.3 Å². The number of anilines is 1. The van der Waals surface area contributed by atoms with Gasteiger partial charge in [0.05, 0.1) is 11.4 Å². The lowest BCUT2D eigenvalue weighted by Gasteiger charge is -2.34. The highest BCUT2D eigenvalue weighted by Crippen LogP contribution is 2.23. The average molecular weight is 380 g/mol. The minimum atomic E-state index is -3.41. The minimum Gasteiger partial charge on any atom is -0.325 e. The molecule has 0 radical (unpaired) electrons. The van der Waals surface area contributed by atoms with Gasteiger partial charge in [0.15, 0.2) is 0 Å². The van der Waals surface area contributed by atoms with Gasteiger partial charge >= 0.3 is 0 Å². The van der Waals surface area contributed by atoms with Gasteiger partial charge in [-0.05, 0) is 55.4 Å². The molecule has 2 heterocycles. The normalized spacial score (nSPS) is 25.3. The first-order valence-corrected chi connectivity index (χ1v) is 10.9. The van der Waals surface area contributed by atoms with Gasteiger partial charge in [-0.2, -0.15) is 4.31 Å². The molecule has 2 aliphatic heterocycles. The summed E-state index contributed by atoms with van der Waals surface area (Å²) in [6.45, 7) is 7.90. The summed E-state index contributed by atoms with van der Waals surface area (Å²) in [7, 11) is -3.41. The molecule has 1 amide bonds. The van der Waals surface area contributed by atoms with Crippen LogP contribution in [0.4, 0.5) is 5.69 Å². The highest BCUT2D eigenvalue weighted by atomic mass is 32.2. The highest BCUT2D eigenvalue weighted by Gasteiger charge is 2.27. The first-order chi connectivity index (χ1) is 12.3. The van der Waals surface area contributed by atoms with E-state index in [-0.39, 0.29) is 10.8 Å². The third kappa shape index (κ3) is 4.64. The van der Waals surface area contributed by atoms with Gasteiger partial charge in [-0.15, -0.1) is 0 Å². The van der Waals surface area contributed by atoms with Crippen LogP contribution in [0.2, 0.25) is 0 Å². The molecule has 0 spiro atoms. The second kappa shape index (κ2) is 8.06. The zero-order chi connectivity index (χ0) is 18.7. The molecule has 144 valence electrons. The number of carbonyl (C=O) groups is 1. The number of hydrogen-bond acceptors (Lipinski definition) is 4. The third-order valence-electron chi connectivity index (χ3n) is 5.15. The van der Waals surface area contributed by atoms with Crippen LogP contribution in [0.1, 0.15) is 33.1 Å². The van der Waals surface area contributed by atoms with E-state index in [1.807, 2.05) is 0 Å². The van der Waals surface area contributed by atoms with E-state index in [4.69, 9.17) is 0 Å². The molecule has 0 bridgehead atoms. The van der Waals surface area contributed by atoms with Crippen LogP contribution >= 0.6 is 0 Å². The summed E-state index contributed by atoms with van der Waals surface area (Å²) in [5.74, 6) is 1.17. The Hall–Kier alpha value is -1.44. The van der Waals surface area contributed by atoms with Gasteiger partial charge in [0, 0.05) is 31.9 Å². The monoisotopic (exact) mass is 379 g/mol. The minimum absolute atomic E-state index is 0.0542. The number of hydrogen-bond donors (Lipinski definition) is 1. The Morgan fingerprint density at radius 1 is 1.08 bits per heavy atom. The summed E-state index contributed by atoms with van der Waals surface area (Å²) in [5, 5.41) is 2.88. The number of sulfonamides is 1. The molecular weight excluding hydrogens is 350 g/mol. The molecule has 7 heteroatoms. The van der Waals surface area contributed by atoms with Gasteiger partial charge in [0.1, 0.15) is 0 Å². The van der Waals surface area contributed by atoms with Crippen LogP contribution in [0.25, 0.3) is 0 Å². The van der Waals surface area contributed by atoms with E-state index >= 15 is 0 Å². The lowest BCUT2D eigenvalue weighted by atomic mass is 9.92. The predicted molar refractivity (Wildman–Crippen MR) is 102 cm³/mol. The molecule has 0 aromatic heterocycles. The molecule has 0 saturated carbocycles. The Morgan fingerprint density at radius 3 is 2.23 bits per heavy atom. The smallest absolute Gasteiger partial charge is 0.243 e. The van der Waals surface area contributed by atoms with Crippen LogP contribution in [0, 0.1) is 11.8 Å². The molecule has 26 heavy (non-hydrogen) atoms. The van der Waals surface area contributed by atoms with Crippen molar-refractivity contribution in [1.29, 1.82) is 0 Å². The van der Waals surface area contributed by atoms with Crippen molar-refractivity contribution in [2.75, 3.05) is 38.0 Å². The lowest BCUT2D eigenvalue weighted by Crippen LogP contribution is -2.42. The Kier molecular flexibility index (Phi) is 5.99. The molecule has 3 rings (SSSR count). The molecule has 1 N–H and O–H groups in total. The van der Waals surface area contributed by atoms with Gasteiger partial charge < -0.3 is 5.32 Å². The van der Waals surface area contributed by atoms with Crippen LogP contribution in [-0.4, -0.2) is 56.3 Å². The molecule has 2 fully saturated rings. The fourth-order valence-corrected chi connectivity index (χ4v) is 5.63. The molecule has 1 aromatic rings. The summed E-state index contributed by atoms with van der Waals surface area (Å²) < 4.78 is 26.6. The topological polar surface area (TPSA) is 69.7 Å².